The Morgan fingerprint density at radius 3 is 2.35 bits per heavy atom. The van der Waals surface area contributed by atoms with Gasteiger partial charge in [0.1, 0.15) is 23.8 Å². The number of carbonyl (C=O) groups is 4. The average molecular weight is 800 g/mol. The lowest BCUT2D eigenvalue weighted by molar-refractivity contribution is -0.129. The Hall–Kier alpha value is -4.92. The highest BCUT2D eigenvalue weighted by Crippen LogP contribution is 2.33. The zero-order chi connectivity index (χ0) is 40.7. The van der Waals surface area contributed by atoms with Gasteiger partial charge in [-0.3, -0.25) is 19.4 Å². The summed E-state index contributed by atoms with van der Waals surface area (Å²) in [7, 11) is -3.72. The van der Waals surface area contributed by atoms with Crippen molar-refractivity contribution in [1.29, 1.82) is 0 Å². The molecule has 2 fully saturated rings. The molecule has 3 aromatic carbocycles. The third-order valence-electron chi connectivity index (χ3n) is 10.7. The molecule has 304 valence electrons. The van der Waals surface area contributed by atoms with Gasteiger partial charge in [0.25, 0.3) is 0 Å². The molecule has 0 bridgehead atoms. The zero-order valence-corrected chi connectivity index (χ0v) is 34.0. The van der Waals surface area contributed by atoms with Crippen LogP contribution >= 0.6 is 0 Å². The van der Waals surface area contributed by atoms with Crippen LogP contribution in [0.3, 0.4) is 0 Å². The van der Waals surface area contributed by atoms with Crippen molar-refractivity contribution in [3.63, 3.8) is 0 Å². The van der Waals surface area contributed by atoms with Crippen LogP contribution in [0.25, 0.3) is 11.1 Å². The van der Waals surface area contributed by atoms with Crippen LogP contribution in [0.5, 0.6) is 0 Å². The van der Waals surface area contributed by atoms with Crippen LogP contribution in [0.15, 0.2) is 76.6 Å². The van der Waals surface area contributed by atoms with E-state index in [1.54, 1.807) is 36.4 Å². The Kier molecular flexibility index (Phi) is 13.3. The Labute approximate surface area is 335 Å². The SMILES string of the molecule is Cc1ccc(S(=O)(=O)N2CCOCC2)cc1-c1cccc(C[C@H](CC(=O)C2CCC(CNC(=O)OC(C)(C)C)CC2)C(=O)Nc2ccc(C3=NCC(=O)N3)cc2)c1. The first-order chi connectivity index (χ1) is 27.1. The minimum absolute atomic E-state index is 0.0343. The molecule has 57 heavy (non-hydrogen) atoms. The number of nitrogens with one attached hydrogen (secondary N) is 3. The molecule has 3 aromatic rings. The first kappa shape index (κ1) is 41.7. The molecular weight excluding hydrogens is 747 g/mol. The molecule has 0 unspecified atom stereocenters. The lowest BCUT2D eigenvalue weighted by Crippen LogP contribution is -2.40. The largest absolute Gasteiger partial charge is 0.444 e. The number of aliphatic imine (C=N–C) groups is 1. The van der Waals surface area contributed by atoms with E-state index in [9.17, 15) is 27.6 Å². The highest BCUT2D eigenvalue weighted by Gasteiger charge is 2.31. The number of amides is 3. The highest BCUT2D eigenvalue weighted by atomic mass is 32.2. The maximum Gasteiger partial charge on any atom is 0.407 e. The Balaban J connectivity index is 1.17. The van der Waals surface area contributed by atoms with E-state index in [1.165, 1.54) is 4.31 Å². The van der Waals surface area contributed by atoms with Gasteiger partial charge in [-0.1, -0.05) is 30.3 Å². The number of aryl methyl sites for hydroxylation is 1. The number of hydrogen-bond acceptors (Lipinski definition) is 9. The van der Waals surface area contributed by atoms with E-state index >= 15 is 0 Å². The predicted molar refractivity (Wildman–Crippen MR) is 217 cm³/mol. The van der Waals surface area contributed by atoms with Crippen molar-refractivity contribution in [2.75, 3.05) is 44.7 Å². The van der Waals surface area contributed by atoms with Crippen molar-refractivity contribution in [3.05, 3.63) is 83.4 Å². The van der Waals surface area contributed by atoms with Crippen molar-refractivity contribution in [2.45, 2.75) is 76.7 Å². The standard InChI is InChI=1S/C43H53N5O8S/c1-28-8-17-36(57(53,54)48-18-20-55-21-19-48)25-37(28)33-7-5-6-30(22-33)23-34(41(51)46-35-15-13-32(14-16-35)40-44-27-39(50)47-40)24-38(49)31-11-9-29(10-12-31)26-45-42(52)56-43(2,3)4/h5-8,13-17,22,25,29,31,34H,9-12,18-21,23-24,26-27H2,1-4H3,(H,45,52)(H,46,51)(H,44,47,50)/t29?,31?,34-/m1/s1. The molecule has 14 heteroatoms. The van der Waals surface area contributed by atoms with Gasteiger partial charge >= 0.3 is 6.09 Å². The van der Waals surface area contributed by atoms with Crippen molar-refractivity contribution >= 4 is 45.2 Å². The Bertz CT molecular complexity index is 2100. The number of ether oxygens (including phenoxy) is 2. The summed E-state index contributed by atoms with van der Waals surface area (Å²) in [4.78, 5) is 56.2. The minimum Gasteiger partial charge on any atom is -0.444 e. The zero-order valence-electron chi connectivity index (χ0n) is 33.1. The highest BCUT2D eigenvalue weighted by molar-refractivity contribution is 7.89. The van der Waals surface area contributed by atoms with E-state index in [4.69, 9.17) is 9.47 Å². The average Bonchev–Trinajstić information content (AvgIpc) is 3.63. The molecule has 6 rings (SSSR count). The van der Waals surface area contributed by atoms with Crippen molar-refractivity contribution < 1.29 is 37.1 Å². The van der Waals surface area contributed by atoms with Gasteiger partial charge in [0.05, 0.1) is 18.1 Å². The molecule has 1 atom stereocenters. The second-order valence-corrected chi connectivity index (χ2v) is 18.1. The molecule has 3 aliphatic rings. The number of Topliss-reactive ketones (excluding diaryl/α,β-unsaturated/α-hetero) is 1. The number of sulfonamides is 1. The smallest absolute Gasteiger partial charge is 0.407 e. The quantitative estimate of drug-likeness (QED) is 0.199. The van der Waals surface area contributed by atoms with E-state index in [0.717, 1.165) is 40.7 Å². The normalized spacial score (nSPS) is 19.6. The number of rotatable bonds is 13. The van der Waals surface area contributed by atoms with Crippen LogP contribution in [0.4, 0.5) is 10.5 Å². The van der Waals surface area contributed by atoms with Gasteiger partial charge in [0.15, 0.2) is 0 Å². The maximum absolute atomic E-state index is 14.1. The third-order valence-corrected chi connectivity index (χ3v) is 12.6. The number of anilines is 1. The summed E-state index contributed by atoms with van der Waals surface area (Å²) in [5.74, 6) is -0.593. The third kappa shape index (κ3) is 11.1. The summed E-state index contributed by atoms with van der Waals surface area (Å²) >= 11 is 0. The fourth-order valence-electron chi connectivity index (χ4n) is 7.54. The van der Waals surface area contributed by atoms with Crippen molar-refractivity contribution in [3.8, 4) is 11.1 Å². The number of ketones is 1. The van der Waals surface area contributed by atoms with Gasteiger partial charge in [-0.2, -0.15) is 4.31 Å². The monoisotopic (exact) mass is 799 g/mol. The molecule has 1 saturated carbocycles. The van der Waals surface area contributed by atoms with Gasteiger partial charge in [-0.05, 0) is 124 Å². The Morgan fingerprint density at radius 2 is 1.68 bits per heavy atom. The molecule has 0 radical (unpaired) electrons. The van der Waals surface area contributed by atoms with Crippen LogP contribution < -0.4 is 16.0 Å². The molecule has 1 saturated heterocycles. The topological polar surface area (TPSA) is 173 Å². The predicted octanol–water partition coefficient (Wildman–Crippen LogP) is 5.65. The van der Waals surface area contributed by atoms with Crippen molar-refractivity contribution in [1.82, 2.24) is 14.9 Å². The molecule has 2 heterocycles. The number of carbonyl (C=O) groups excluding carboxylic acids is 4. The molecule has 3 N–H and O–H groups in total. The number of morpholine rings is 1. The molecule has 0 aromatic heterocycles. The first-order valence-corrected chi connectivity index (χ1v) is 21.1. The lowest BCUT2D eigenvalue weighted by Gasteiger charge is -2.29. The summed E-state index contributed by atoms with van der Waals surface area (Å²) in [6.07, 6.45) is 2.79. The van der Waals surface area contributed by atoms with Crippen LogP contribution in [0, 0.1) is 24.7 Å². The minimum atomic E-state index is -3.72. The molecule has 1 aliphatic carbocycles. The number of hydrogen-bond donors (Lipinski definition) is 3. The first-order valence-electron chi connectivity index (χ1n) is 19.7. The van der Waals surface area contributed by atoms with E-state index in [1.807, 2.05) is 58.0 Å². The summed E-state index contributed by atoms with van der Waals surface area (Å²) in [6, 6.07) is 19.9. The molecular formula is C43H53N5O8S. The second-order valence-electron chi connectivity index (χ2n) is 16.1. The fourth-order valence-corrected chi connectivity index (χ4v) is 8.97. The molecule has 13 nitrogen and oxygen atoms in total. The van der Waals surface area contributed by atoms with Gasteiger partial charge in [0, 0.05) is 49.1 Å². The van der Waals surface area contributed by atoms with E-state index in [0.29, 0.717) is 57.2 Å². The fraction of sp³-hybridized carbons (Fsp3) is 0.465. The number of alkyl carbamates (subject to hydrolysis) is 1. The Morgan fingerprint density at radius 1 is 0.965 bits per heavy atom. The number of nitrogens with zero attached hydrogens (tertiary/aromatic N) is 2. The van der Waals surface area contributed by atoms with Crippen molar-refractivity contribution in [2.24, 2.45) is 22.7 Å². The molecule has 3 amide bonds. The van der Waals surface area contributed by atoms with Crippen LogP contribution in [0.2, 0.25) is 0 Å². The van der Waals surface area contributed by atoms with Gasteiger partial charge in [0.2, 0.25) is 21.8 Å². The molecule has 2 aliphatic heterocycles. The summed E-state index contributed by atoms with van der Waals surface area (Å²) in [5, 5.41) is 8.59. The van der Waals surface area contributed by atoms with E-state index < -0.39 is 27.6 Å². The van der Waals surface area contributed by atoms with Crippen LogP contribution in [-0.2, 0) is 40.3 Å². The summed E-state index contributed by atoms with van der Waals surface area (Å²) in [5.41, 5.74) is 4.00. The van der Waals surface area contributed by atoms with Gasteiger partial charge in [-0.15, -0.1) is 0 Å². The van der Waals surface area contributed by atoms with Gasteiger partial charge < -0.3 is 25.4 Å². The number of benzene rings is 3. The van der Waals surface area contributed by atoms with Crippen LogP contribution in [0.1, 0.15) is 69.6 Å². The van der Waals surface area contributed by atoms with E-state index in [-0.39, 0.29) is 53.7 Å². The summed E-state index contributed by atoms with van der Waals surface area (Å²) < 4.78 is 39.2. The van der Waals surface area contributed by atoms with Crippen LogP contribution in [-0.4, -0.2) is 87.2 Å². The van der Waals surface area contributed by atoms with E-state index in [2.05, 4.69) is 20.9 Å². The van der Waals surface area contributed by atoms with Gasteiger partial charge in [-0.25, -0.2) is 13.2 Å². The maximum atomic E-state index is 14.1. The summed E-state index contributed by atoms with van der Waals surface area (Å²) in [6.45, 7) is 9.26. The lowest BCUT2D eigenvalue weighted by atomic mass is 9.77. The number of amidine groups is 1. The molecule has 0 spiro atoms. The second kappa shape index (κ2) is 18.1.